The number of halogens is 1. The van der Waals surface area contributed by atoms with Crippen LogP contribution in [0.1, 0.15) is 28.4 Å². The van der Waals surface area contributed by atoms with Gasteiger partial charge in [-0.15, -0.1) is 11.6 Å². The normalized spacial score (nSPS) is 15.0. The number of carbonyl (C=O) groups is 1. The van der Waals surface area contributed by atoms with Crippen molar-refractivity contribution >= 4 is 46.7 Å². The first-order chi connectivity index (χ1) is 14.8. The first-order valence-electron chi connectivity index (χ1n) is 9.40. The zero-order valence-corrected chi connectivity index (χ0v) is 19.7. The van der Waals surface area contributed by atoms with Crippen molar-refractivity contribution < 1.29 is 22.9 Å². The Morgan fingerprint density at radius 2 is 1.74 bits per heavy atom. The lowest BCUT2D eigenvalue weighted by Gasteiger charge is -2.20. The van der Waals surface area contributed by atoms with Crippen molar-refractivity contribution in [2.75, 3.05) is 5.75 Å². The van der Waals surface area contributed by atoms with E-state index in [1.807, 2.05) is 18.2 Å². The van der Waals surface area contributed by atoms with Crippen LogP contribution >= 0.6 is 18.3 Å². The molecule has 1 aliphatic carbocycles. The maximum Gasteiger partial charge on any atom is 0.432 e. The Kier molecular flexibility index (Phi) is 6.33. The van der Waals surface area contributed by atoms with Gasteiger partial charge in [0.2, 0.25) is 0 Å². The smallest absolute Gasteiger partial charge is 0.416 e. The lowest BCUT2D eigenvalue weighted by Crippen LogP contribution is -2.05. The highest BCUT2D eigenvalue weighted by atomic mass is 35.5. The summed E-state index contributed by atoms with van der Waals surface area (Å²) in [5, 5.41) is 0. The molecule has 0 amide bonds. The third-order valence-electron chi connectivity index (χ3n) is 4.79. The molecule has 9 heteroatoms. The fraction of sp³-hybridized carbons (Fsp3) is 0.136. The van der Waals surface area contributed by atoms with E-state index in [2.05, 4.69) is 0 Å². The second-order valence-electron chi connectivity index (χ2n) is 6.79. The van der Waals surface area contributed by atoms with Crippen LogP contribution in [0, 0.1) is 0 Å². The summed E-state index contributed by atoms with van der Waals surface area (Å²) in [4.78, 5) is 23.9. The van der Waals surface area contributed by atoms with E-state index in [0.29, 0.717) is 33.1 Å². The Morgan fingerprint density at radius 3 is 2.45 bits per heavy atom. The molecule has 4 rings (SSSR count). The molecule has 0 heterocycles. The molecule has 1 aliphatic rings. The van der Waals surface area contributed by atoms with E-state index in [-0.39, 0.29) is 17.4 Å². The molecule has 0 aliphatic heterocycles. The molecule has 3 aromatic rings. The van der Waals surface area contributed by atoms with Crippen LogP contribution in [-0.2, 0) is 28.5 Å². The fourth-order valence-corrected chi connectivity index (χ4v) is 5.83. The minimum atomic E-state index is -3.82. The van der Waals surface area contributed by atoms with Crippen molar-refractivity contribution in [3.63, 3.8) is 0 Å². The van der Waals surface area contributed by atoms with Gasteiger partial charge in [-0.3, -0.25) is 9.00 Å². The van der Waals surface area contributed by atoms with E-state index in [1.54, 1.807) is 43.3 Å². The summed E-state index contributed by atoms with van der Waals surface area (Å²) in [5.41, 5.74) is 3.24. The standard InChI is InChI=1S/C22H18ClO5PS2/c1-2-31(26)21-12-18-16-8-3-4-9-17(16)22(24)19(18)11-20(21)28-29(25,30)27-15-7-5-6-14(10-15)13-23/h3-12H,2,13H2,1H3,(H,25,30). The summed E-state index contributed by atoms with van der Waals surface area (Å²) in [6, 6.07) is 17.2. The van der Waals surface area contributed by atoms with Gasteiger partial charge < -0.3 is 13.9 Å². The van der Waals surface area contributed by atoms with E-state index in [0.717, 1.165) is 11.1 Å². The fourth-order valence-electron chi connectivity index (χ4n) is 3.40. The molecule has 160 valence electrons. The largest absolute Gasteiger partial charge is 0.432 e. The van der Waals surface area contributed by atoms with Crippen LogP contribution in [0.3, 0.4) is 0 Å². The van der Waals surface area contributed by atoms with Crippen LogP contribution in [0.2, 0.25) is 0 Å². The summed E-state index contributed by atoms with van der Waals surface area (Å²) in [5.74, 6) is 0.842. The topological polar surface area (TPSA) is 72.8 Å². The Morgan fingerprint density at radius 1 is 1.00 bits per heavy atom. The molecule has 0 saturated heterocycles. The van der Waals surface area contributed by atoms with E-state index < -0.39 is 17.5 Å². The van der Waals surface area contributed by atoms with E-state index in [1.165, 1.54) is 6.07 Å². The first-order valence-corrected chi connectivity index (χ1v) is 13.8. The van der Waals surface area contributed by atoms with Gasteiger partial charge in [0.25, 0.3) is 0 Å². The monoisotopic (exact) mass is 492 g/mol. The van der Waals surface area contributed by atoms with Crippen LogP contribution in [0.4, 0.5) is 0 Å². The first kappa shape index (κ1) is 22.2. The molecule has 1 N–H and O–H groups in total. The van der Waals surface area contributed by atoms with Gasteiger partial charge in [0.05, 0.1) is 15.7 Å². The predicted octanol–water partition coefficient (Wildman–Crippen LogP) is 5.44. The number of fused-ring (bicyclic) bond motifs is 3. The van der Waals surface area contributed by atoms with Crippen molar-refractivity contribution in [3.8, 4) is 22.6 Å². The Balaban J connectivity index is 1.73. The summed E-state index contributed by atoms with van der Waals surface area (Å²) in [6.07, 6.45) is 0. The maximum absolute atomic E-state index is 12.9. The molecule has 0 spiro atoms. The molecular weight excluding hydrogens is 475 g/mol. The minimum absolute atomic E-state index is 0.0828. The van der Waals surface area contributed by atoms with Gasteiger partial charge in [0.15, 0.2) is 5.78 Å². The molecule has 5 nitrogen and oxygen atoms in total. The molecule has 0 fully saturated rings. The third kappa shape index (κ3) is 4.47. The van der Waals surface area contributed by atoms with Gasteiger partial charge >= 0.3 is 6.72 Å². The minimum Gasteiger partial charge on any atom is -0.416 e. The van der Waals surface area contributed by atoms with Crippen LogP contribution in [-0.4, -0.2) is 20.6 Å². The second kappa shape index (κ2) is 8.85. The van der Waals surface area contributed by atoms with Crippen LogP contribution in [0.25, 0.3) is 11.1 Å². The summed E-state index contributed by atoms with van der Waals surface area (Å²) in [6.45, 7) is -2.04. The van der Waals surface area contributed by atoms with Gasteiger partial charge in [0.1, 0.15) is 11.5 Å². The molecule has 3 aromatic carbocycles. The quantitative estimate of drug-likeness (QED) is 0.273. The highest BCUT2D eigenvalue weighted by Gasteiger charge is 2.31. The number of alkyl halides is 1. The van der Waals surface area contributed by atoms with E-state index >= 15 is 0 Å². The Labute approximate surface area is 192 Å². The predicted molar refractivity (Wildman–Crippen MR) is 126 cm³/mol. The summed E-state index contributed by atoms with van der Waals surface area (Å²) >= 11 is 11.0. The van der Waals surface area contributed by atoms with E-state index in [9.17, 15) is 13.9 Å². The van der Waals surface area contributed by atoms with Crippen LogP contribution in [0.5, 0.6) is 11.5 Å². The lowest BCUT2D eigenvalue weighted by atomic mass is 10.1. The zero-order valence-electron chi connectivity index (χ0n) is 16.4. The molecule has 31 heavy (non-hydrogen) atoms. The van der Waals surface area contributed by atoms with Crippen LogP contribution < -0.4 is 9.05 Å². The average molecular weight is 493 g/mol. The van der Waals surface area contributed by atoms with Crippen molar-refractivity contribution in [1.82, 2.24) is 0 Å². The molecule has 0 saturated carbocycles. The number of carbonyl (C=O) groups excluding carboxylic acids is 1. The molecule has 0 aromatic heterocycles. The van der Waals surface area contributed by atoms with Crippen LogP contribution in [0.15, 0.2) is 65.6 Å². The molecular formula is C22H18ClO5PS2. The average Bonchev–Trinajstić information content (AvgIpc) is 3.03. The summed E-state index contributed by atoms with van der Waals surface area (Å²) < 4.78 is 24.0. The maximum atomic E-state index is 12.9. The highest BCUT2D eigenvalue weighted by molar-refractivity contribution is 8.07. The van der Waals surface area contributed by atoms with Crippen molar-refractivity contribution in [2.24, 2.45) is 0 Å². The molecule has 0 radical (unpaired) electrons. The number of rotatable bonds is 7. The molecule has 2 atom stereocenters. The Hall–Kier alpha value is -2.02. The number of ketones is 1. The summed E-state index contributed by atoms with van der Waals surface area (Å²) in [7, 11) is -1.42. The SMILES string of the molecule is CCS(=O)c1cc2c(cc1OP(O)(=S)Oc1cccc(CCl)c1)C(=O)c1ccccc1-2. The van der Waals surface area contributed by atoms with Crippen molar-refractivity contribution in [3.05, 3.63) is 77.4 Å². The van der Waals surface area contributed by atoms with Gasteiger partial charge in [-0.05, 0) is 41.0 Å². The third-order valence-corrected chi connectivity index (χ3v) is 7.74. The van der Waals surface area contributed by atoms with Gasteiger partial charge in [-0.1, -0.05) is 43.3 Å². The van der Waals surface area contributed by atoms with Crippen molar-refractivity contribution in [1.29, 1.82) is 0 Å². The Bertz CT molecular complexity index is 1260. The number of hydrogen-bond donors (Lipinski definition) is 1. The van der Waals surface area contributed by atoms with E-state index in [4.69, 9.17) is 32.5 Å². The second-order valence-corrected chi connectivity index (χ2v) is 11.4. The van der Waals surface area contributed by atoms with Gasteiger partial charge in [0, 0.05) is 34.6 Å². The number of hydrogen-bond acceptors (Lipinski definition) is 5. The van der Waals surface area contributed by atoms with Crippen molar-refractivity contribution in [2.45, 2.75) is 17.7 Å². The lowest BCUT2D eigenvalue weighted by molar-refractivity contribution is 0.104. The molecule has 0 bridgehead atoms. The van der Waals surface area contributed by atoms with Gasteiger partial charge in [-0.2, -0.15) is 0 Å². The molecule has 2 unspecified atom stereocenters. The highest BCUT2D eigenvalue weighted by Crippen LogP contribution is 2.49. The zero-order chi connectivity index (χ0) is 22.2. The number of benzene rings is 3. The van der Waals surface area contributed by atoms with Gasteiger partial charge in [-0.25, -0.2) is 0 Å².